The summed E-state index contributed by atoms with van der Waals surface area (Å²) in [5.41, 5.74) is 0.829. The SMILES string of the molecule is COCCN(C)CCN1CC2(CCN(C(=O)c3cc(C)[nH]n3)CC2)OC1=O. The summed E-state index contributed by atoms with van der Waals surface area (Å²) in [7, 11) is 3.69. The minimum Gasteiger partial charge on any atom is -0.441 e. The molecule has 0 aromatic carbocycles. The molecule has 2 saturated heterocycles. The van der Waals surface area contributed by atoms with Gasteiger partial charge in [-0.25, -0.2) is 4.79 Å². The van der Waals surface area contributed by atoms with E-state index >= 15 is 0 Å². The fourth-order valence-corrected chi connectivity index (χ4v) is 3.58. The molecule has 0 unspecified atom stereocenters. The molecule has 9 nitrogen and oxygen atoms in total. The van der Waals surface area contributed by atoms with Gasteiger partial charge in [0.05, 0.1) is 13.2 Å². The summed E-state index contributed by atoms with van der Waals surface area (Å²) in [6, 6.07) is 1.75. The van der Waals surface area contributed by atoms with Crippen LogP contribution in [0, 0.1) is 6.92 Å². The number of methoxy groups -OCH3 is 1. The van der Waals surface area contributed by atoms with Crippen LogP contribution in [0.4, 0.5) is 4.79 Å². The van der Waals surface area contributed by atoms with Gasteiger partial charge in [0.2, 0.25) is 0 Å². The highest BCUT2D eigenvalue weighted by molar-refractivity contribution is 5.92. The van der Waals surface area contributed by atoms with Crippen molar-refractivity contribution in [1.82, 2.24) is 24.9 Å². The Bertz CT molecular complexity index is 668. The van der Waals surface area contributed by atoms with Crippen molar-refractivity contribution < 1.29 is 19.1 Å². The number of hydrogen-bond acceptors (Lipinski definition) is 6. The number of rotatable bonds is 7. The first-order valence-corrected chi connectivity index (χ1v) is 9.39. The second-order valence-corrected chi connectivity index (χ2v) is 7.50. The summed E-state index contributed by atoms with van der Waals surface area (Å²) in [5, 5.41) is 6.84. The van der Waals surface area contributed by atoms with E-state index in [1.165, 1.54) is 0 Å². The number of nitrogens with zero attached hydrogens (tertiary/aromatic N) is 4. The number of piperidine rings is 1. The number of aryl methyl sites for hydroxylation is 1. The topological polar surface area (TPSA) is 91.0 Å². The van der Waals surface area contributed by atoms with Crippen LogP contribution in [0.2, 0.25) is 0 Å². The zero-order valence-corrected chi connectivity index (χ0v) is 16.4. The monoisotopic (exact) mass is 379 g/mol. The van der Waals surface area contributed by atoms with Gasteiger partial charge in [-0.05, 0) is 20.0 Å². The predicted molar refractivity (Wildman–Crippen MR) is 98.6 cm³/mol. The van der Waals surface area contributed by atoms with E-state index in [0.29, 0.717) is 51.3 Å². The molecule has 150 valence electrons. The van der Waals surface area contributed by atoms with Crippen LogP contribution in [0.15, 0.2) is 6.07 Å². The molecular formula is C18H29N5O4. The van der Waals surface area contributed by atoms with Crippen molar-refractivity contribution in [2.45, 2.75) is 25.4 Å². The molecule has 1 aromatic heterocycles. The smallest absolute Gasteiger partial charge is 0.410 e. The molecular weight excluding hydrogens is 350 g/mol. The van der Waals surface area contributed by atoms with E-state index in [1.54, 1.807) is 23.0 Å². The number of aromatic amines is 1. The van der Waals surface area contributed by atoms with Crippen molar-refractivity contribution in [1.29, 1.82) is 0 Å². The summed E-state index contributed by atoms with van der Waals surface area (Å²) in [6.07, 6.45) is 1.06. The van der Waals surface area contributed by atoms with E-state index < -0.39 is 5.60 Å². The van der Waals surface area contributed by atoms with Crippen LogP contribution in [-0.2, 0) is 9.47 Å². The third-order valence-corrected chi connectivity index (χ3v) is 5.36. The van der Waals surface area contributed by atoms with Crippen molar-refractivity contribution in [2.75, 3.05) is 60.0 Å². The van der Waals surface area contributed by atoms with Gasteiger partial charge in [-0.2, -0.15) is 5.10 Å². The van der Waals surface area contributed by atoms with Gasteiger partial charge in [0, 0.05) is 58.4 Å². The van der Waals surface area contributed by atoms with E-state index in [2.05, 4.69) is 15.1 Å². The Morgan fingerprint density at radius 3 is 2.78 bits per heavy atom. The van der Waals surface area contributed by atoms with Gasteiger partial charge < -0.3 is 24.2 Å². The van der Waals surface area contributed by atoms with Gasteiger partial charge >= 0.3 is 6.09 Å². The zero-order chi connectivity index (χ0) is 19.4. The highest BCUT2D eigenvalue weighted by Gasteiger charge is 2.47. The van der Waals surface area contributed by atoms with Crippen LogP contribution >= 0.6 is 0 Å². The minimum atomic E-state index is -0.472. The molecule has 3 heterocycles. The zero-order valence-electron chi connectivity index (χ0n) is 16.4. The summed E-state index contributed by atoms with van der Waals surface area (Å²) in [4.78, 5) is 30.5. The van der Waals surface area contributed by atoms with Gasteiger partial charge in [-0.1, -0.05) is 0 Å². The summed E-state index contributed by atoms with van der Waals surface area (Å²) >= 11 is 0. The first-order valence-electron chi connectivity index (χ1n) is 9.39. The highest BCUT2D eigenvalue weighted by Crippen LogP contribution is 2.33. The van der Waals surface area contributed by atoms with E-state index in [0.717, 1.165) is 18.8 Å². The number of carbonyl (C=O) groups is 2. The number of aromatic nitrogens is 2. The summed E-state index contributed by atoms with van der Waals surface area (Å²) in [6.45, 7) is 6.51. The molecule has 0 bridgehead atoms. The summed E-state index contributed by atoms with van der Waals surface area (Å²) in [5.74, 6) is -0.0739. The maximum absolute atomic E-state index is 12.5. The molecule has 0 atom stereocenters. The predicted octanol–water partition coefficient (Wildman–Crippen LogP) is 0.723. The van der Waals surface area contributed by atoms with Crippen LogP contribution in [0.1, 0.15) is 29.0 Å². The number of hydrogen-bond donors (Lipinski definition) is 1. The average Bonchev–Trinajstić information content (AvgIpc) is 3.22. The Hall–Kier alpha value is -2.13. The Labute approximate surface area is 159 Å². The molecule has 0 aliphatic carbocycles. The van der Waals surface area contributed by atoms with Crippen LogP contribution < -0.4 is 0 Å². The van der Waals surface area contributed by atoms with Gasteiger partial charge in [0.1, 0.15) is 11.3 Å². The van der Waals surface area contributed by atoms with Crippen molar-refractivity contribution in [2.24, 2.45) is 0 Å². The normalized spacial score (nSPS) is 19.2. The molecule has 2 amide bonds. The third kappa shape index (κ3) is 4.59. The second-order valence-electron chi connectivity index (χ2n) is 7.50. The van der Waals surface area contributed by atoms with Crippen LogP contribution in [-0.4, -0.2) is 103 Å². The number of amides is 2. The number of H-pyrrole nitrogens is 1. The Balaban J connectivity index is 1.49. The van der Waals surface area contributed by atoms with Gasteiger partial charge in [-0.3, -0.25) is 9.89 Å². The van der Waals surface area contributed by atoms with Gasteiger partial charge in [0.15, 0.2) is 0 Å². The quantitative estimate of drug-likeness (QED) is 0.751. The lowest BCUT2D eigenvalue weighted by molar-refractivity contribution is 0.00295. The van der Waals surface area contributed by atoms with E-state index in [-0.39, 0.29) is 12.0 Å². The fraction of sp³-hybridized carbons (Fsp3) is 0.722. The summed E-state index contributed by atoms with van der Waals surface area (Å²) < 4.78 is 10.8. The van der Waals surface area contributed by atoms with Gasteiger partial charge in [-0.15, -0.1) is 0 Å². The number of likely N-dealkylation sites (tertiary alicyclic amines) is 1. The van der Waals surface area contributed by atoms with Crippen molar-refractivity contribution in [3.63, 3.8) is 0 Å². The van der Waals surface area contributed by atoms with Crippen LogP contribution in [0.3, 0.4) is 0 Å². The van der Waals surface area contributed by atoms with E-state index in [4.69, 9.17) is 9.47 Å². The first-order chi connectivity index (χ1) is 12.9. The largest absolute Gasteiger partial charge is 0.441 e. The fourth-order valence-electron chi connectivity index (χ4n) is 3.58. The number of nitrogens with one attached hydrogen (secondary N) is 1. The standard InChI is InChI=1S/C18H29N5O4/c1-14-12-15(20-19-14)16(24)22-6-4-18(5-7-22)13-23(17(25)27-18)9-8-21(2)10-11-26-3/h12H,4-11,13H2,1-3H3,(H,19,20). The molecule has 0 radical (unpaired) electrons. The highest BCUT2D eigenvalue weighted by atomic mass is 16.6. The van der Waals surface area contributed by atoms with Crippen molar-refractivity contribution in [3.8, 4) is 0 Å². The molecule has 2 aliphatic heterocycles. The molecule has 2 aliphatic rings. The Morgan fingerprint density at radius 1 is 1.41 bits per heavy atom. The van der Waals surface area contributed by atoms with E-state index in [9.17, 15) is 9.59 Å². The third-order valence-electron chi connectivity index (χ3n) is 5.36. The lowest BCUT2D eigenvalue weighted by Gasteiger charge is -2.37. The van der Waals surface area contributed by atoms with Crippen LogP contribution in [0.25, 0.3) is 0 Å². The second kappa shape index (κ2) is 8.26. The Morgan fingerprint density at radius 2 is 2.15 bits per heavy atom. The maximum atomic E-state index is 12.5. The number of carbonyl (C=O) groups excluding carboxylic acids is 2. The maximum Gasteiger partial charge on any atom is 0.410 e. The first kappa shape index (κ1) is 19.6. The van der Waals surface area contributed by atoms with Crippen LogP contribution in [0.5, 0.6) is 0 Å². The number of likely N-dealkylation sites (N-methyl/N-ethyl adjacent to an activating group) is 1. The van der Waals surface area contributed by atoms with Crippen molar-refractivity contribution >= 4 is 12.0 Å². The van der Waals surface area contributed by atoms with E-state index in [1.807, 2.05) is 14.0 Å². The number of ether oxygens (including phenoxy) is 2. The van der Waals surface area contributed by atoms with Crippen molar-refractivity contribution in [3.05, 3.63) is 17.5 Å². The molecule has 0 saturated carbocycles. The molecule has 1 N–H and O–H groups in total. The molecule has 9 heteroatoms. The molecule has 3 rings (SSSR count). The molecule has 1 spiro atoms. The van der Waals surface area contributed by atoms with Gasteiger partial charge in [0.25, 0.3) is 5.91 Å². The molecule has 27 heavy (non-hydrogen) atoms. The Kier molecular flexibility index (Phi) is 6.01. The molecule has 2 fully saturated rings. The lowest BCUT2D eigenvalue weighted by Crippen LogP contribution is -2.49. The molecule has 1 aromatic rings. The lowest BCUT2D eigenvalue weighted by atomic mass is 9.91. The minimum absolute atomic E-state index is 0.0739. The average molecular weight is 379 g/mol.